The van der Waals surface area contributed by atoms with Gasteiger partial charge in [0.05, 0.1) is 10.6 Å². The predicted octanol–water partition coefficient (Wildman–Crippen LogP) is 3.41. The lowest BCUT2D eigenvalue weighted by Gasteiger charge is -2.29. The molecule has 0 saturated carbocycles. The van der Waals surface area contributed by atoms with Crippen molar-refractivity contribution >= 4 is 17.3 Å². The molecule has 0 radical (unpaired) electrons. The molecule has 0 saturated heterocycles. The van der Waals surface area contributed by atoms with Gasteiger partial charge in [0.15, 0.2) is 0 Å². The summed E-state index contributed by atoms with van der Waals surface area (Å²) in [5, 5.41) is 11.0. The molecule has 0 unspecified atom stereocenters. The van der Waals surface area contributed by atoms with Crippen molar-refractivity contribution in [3.8, 4) is 0 Å². The molecule has 2 rings (SSSR count). The van der Waals surface area contributed by atoms with Gasteiger partial charge in [-0.3, -0.25) is 14.9 Å². The molecule has 1 heterocycles. The first-order valence-electron chi connectivity index (χ1n) is 6.85. The molecule has 5 nitrogen and oxygen atoms in total. The number of rotatable bonds is 2. The van der Waals surface area contributed by atoms with Crippen molar-refractivity contribution < 1.29 is 9.72 Å². The summed E-state index contributed by atoms with van der Waals surface area (Å²) in [6, 6.07) is 4.83. The van der Waals surface area contributed by atoms with Crippen LogP contribution in [0.1, 0.15) is 46.1 Å². The first-order chi connectivity index (χ1) is 9.24. The fourth-order valence-electron chi connectivity index (χ4n) is 2.78. The molecule has 1 aliphatic heterocycles. The molecule has 1 aromatic rings. The number of anilines is 1. The molecule has 0 aromatic heterocycles. The van der Waals surface area contributed by atoms with Crippen molar-refractivity contribution in [2.24, 2.45) is 0 Å². The van der Waals surface area contributed by atoms with E-state index >= 15 is 0 Å². The Hall–Kier alpha value is -1.91. The van der Waals surface area contributed by atoms with Crippen LogP contribution in [0.3, 0.4) is 0 Å². The van der Waals surface area contributed by atoms with E-state index in [0.29, 0.717) is 12.1 Å². The minimum Gasteiger partial charge on any atom is -0.309 e. The molecular weight excluding hydrogens is 256 g/mol. The lowest BCUT2D eigenvalue weighted by molar-refractivity contribution is -0.384. The van der Waals surface area contributed by atoms with Gasteiger partial charge in [-0.05, 0) is 37.3 Å². The van der Waals surface area contributed by atoms with Gasteiger partial charge in [-0.1, -0.05) is 13.8 Å². The highest BCUT2D eigenvalue weighted by molar-refractivity contribution is 5.96. The van der Waals surface area contributed by atoms with Gasteiger partial charge in [0.1, 0.15) is 0 Å². The molecule has 0 aliphatic carbocycles. The van der Waals surface area contributed by atoms with Gasteiger partial charge in [0, 0.05) is 24.6 Å². The Morgan fingerprint density at radius 2 is 2.00 bits per heavy atom. The zero-order valence-electron chi connectivity index (χ0n) is 12.3. The van der Waals surface area contributed by atoms with Crippen LogP contribution in [-0.4, -0.2) is 16.9 Å². The number of nitrogens with zero attached hydrogens (tertiary/aromatic N) is 2. The average Bonchev–Trinajstić information content (AvgIpc) is 2.44. The number of fused-ring (bicyclic) bond motifs is 1. The fraction of sp³-hybridized carbons (Fsp3) is 0.533. The van der Waals surface area contributed by atoms with Gasteiger partial charge in [-0.2, -0.15) is 0 Å². The van der Waals surface area contributed by atoms with E-state index in [1.165, 1.54) is 12.1 Å². The van der Waals surface area contributed by atoms with Gasteiger partial charge in [0.2, 0.25) is 5.91 Å². The molecule has 0 N–H and O–H groups in total. The van der Waals surface area contributed by atoms with Crippen LogP contribution >= 0.6 is 0 Å². The van der Waals surface area contributed by atoms with Gasteiger partial charge >= 0.3 is 0 Å². The van der Waals surface area contributed by atoms with Gasteiger partial charge in [-0.15, -0.1) is 0 Å². The van der Waals surface area contributed by atoms with Crippen molar-refractivity contribution in [1.82, 2.24) is 0 Å². The Kier molecular flexibility index (Phi) is 3.54. The van der Waals surface area contributed by atoms with Crippen LogP contribution in [0.15, 0.2) is 18.2 Å². The minimum absolute atomic E-state index is 0.0165. The summed E-state index contributed by atoms with van der Waals surface area (Å²) in [7, 11) is 0. The maximum Gasteiger partial charge on any atom is 0.271 e. The van der Waals surface area contributed by atoms with E-state index in [1.807, 2.05) is 13.8 Å². The van der Waals surface area contributed by atoms with E-state index in [2.05, 4.69) is 13.8 Å². The van der Waals surface area contributed by atoms with Crippen LogP contribution in [0.5, 0.6) is 0 Å². The molecule has 1 amide bonds. The van der Waals surface area contributed by atoms with E-state index in [1.54, 1.807) is 11.0 Å². The van der Waals surface area contributed by atoms with Crippen molar-refractivity contribution in [2.45, 2.75) is 52.0 Å². The van der Waals surface area contributed by atoms with E-state index in [0.717, 1.165) is 12.0 Å². The third-order valence-corrected chi connectivity index (χ3v) is 3.93. The maximum absolute atomic E-state index is 12.3. The predicted molar refractivity (Wildman–Crippen MR) is 78.0 cm³/mol. The van der Waals surface area contributed by atoms with E-state index < -0.39 is 4.92 Å². The van der Waals surface area contributed by atoms with Crippen LogP contribution in [0, 0.1) is 10.1 Å². The first kappa shape index (κ1) is 14.5. The summed E-state index contributed by atoms with van der Waals surface area (Å²) in [5.74, 6) is 0.0346. The number of benzene rings is 1. The molecule has 0 spiro atoms. The number of carbonyl (C=O) groups is 1. The fourth-order valence-corrected chi connectivity index (χ4v) is 2.78. The van der Waals surface area contributed by atoms with E-state index in [-0.39, 0.29) is 23.1 Å². The quantitative estimate of drug-likeness (QED) is 0.614. The van der Waals surface area contributed by atoms with Crippen molar-refractivity contribution in [1.29, 1.82) is 0 Å². The number of nitro benzene ring substituents is 1. The molecule has 1 aliphatic rings. The maximum atomic E-state index is 12.3. The lowest BCUT2D eigenvalue weighted by atomic mass is 9.80. The lowest BCUT2D eigenvalue weighted by Crippen LogP contribution is -2.36. The SMILES string of the molecule is CC(C)N1C(=O)CCC(C)(C)c2ccc([N+](=O)[O-])cc21. The van der Waals surface area contributed by atoms with E-state index in [9.17, 15) is 14.9 Å². The van der Waals surface area contributed by atoms with Crippen LogP contribution < -0.4 is 4.90 Å². The summed E-state index contributed by atoms with van der Waals surface area (Å²) < 4.78 is 0. The van der Waals surface area contributed by atoms with Crippen LogP contribution in [0.4, 0.5) is 11.4 Å². The number of amides is 1. The smallest absolute Gasteiger partial charge is 0.271 e. The number of hydrogen-bond donors (Lipinski definition) is 0. The highest BCUT2D eigenvalue weighted by Crippen LogP contribution is 2.41. The molecule has 1 aromatic carbocycles. The number of nitro groups is 1. The highest BCUT2D eigenvalue weighted by Gasteiger charge is 2.34. The summed E-state index contributed by atoms with van der Waals surface area (Å²) >= 11 is 0. The van der Waals surface area contributed by atoms with Gasteiger partial charge in [0.25, 0.3) is 5.69 Å². The van der Waals surface area contributed by atoms with E-state index in [4.69, 9.17) is 0 Å². The number of hydrogen-bond acceptors (Lipinski definition) is 3. The van der Waals surface area contributed by atoms with Gasteiger partial charge < -0.3 is 4.90 Å². The normalized spacial score (nSPS) is 17.9. The van der Waals surface area contributed by atoms with Gasteiger partial charge in [-0.25, -0.2) is 0 Å². The third kappa shape index (κ3) is 2.40. The summed E-state index contributed by atoms with van der Waals surface area (Å²) in [4.78, 5) is 24.6. The van der Waals surface area contributed by atoms with Crippen LogP contribution in [0.25, 0.3) is 0 Å². The molecule has 0 fully saturated rings. The Bertz CT molecular complexity index is 564. The second kappa shape index (κ2) is 4.89. The monoisotopic (exact) mass is 276 g/mol. The second-order valence-corrected chi connectivity index (χ2v) is 6.20. The zero-order chi connectivity index (χ0) is 15.1. The second-order valence-electron chi connectivity index (χ2n) is 6.20. The Balaban J connectivity index is 2.68. The molecule has 0 bridgehead atoms. The molecule has 20 heavy (non-hydrogen) atoms. The average molecular weight is 276 g/mol. The molecular formula is C15H20N2O3. The standard InChI is InChI=1S/C15H20N2O3/c1-10(2)16-13-9-11(17(19)20)5-6-12(13)15(3,4)8-7-14(16)18/h5-6,9-10H,7-8H2,1-4H3. The highest BCUT2D eigenvalue weighted by atomic mass is 16.6. The van der Waals surface area contributed by atoms with Crippen molar-refractivity contribution in [3.05, 3.63) is 33.9 Å². The molecule has 5 heteroatoms. The Morgan fingerprint density at radius 1 is 1.35 bits per heavy atom. The van der Waals surface area contributed by atoms with Crippen molar-refractivity contribution in [2.75, 3.05) is 4.90 Å². The third-order valence-electron chi connectivity index (χ3n) is 3.93. The summed E-state index contributed by atoms with van der Waals surface area (Å²) in [5.41, 5.74) is 1.55. The molecule has 108 valence electrons. The summed E-state index contributed by atoms with van der Waals surface area (Å²) in [6.45, 7) is 8.02. The zero-order valence-corrected chi connectivity index (χ0v) is 12.3. The van der Waals surface area contributed by atoms with Crippen LogP contribution in [0.2, 0.25) is 0 Å². The number of non-ortho nitro benzene ring substituents is 1. The largest absolute Gasteiger partial charge is 0.309 e. The minimum atomic E-state index is -0.416. The van der Waals surface area contributed by atoms with Crippen molar-refractivity contribution in [3.63, 3.8) is 0 Å². The number of carbonyl (C=O) groups excluding carboxylic acids is 1. The van der Waals surface area contributed by atoms with Crippen LogP contribution in [-0.2, 0) is 10.2 Å². The molecule has 0 atom stereocenters. The summed E-state index contributed by atoms with van der Waals surface area (Å²) in [6.07, 6.45) is 1.22. The Morgan fingerprint density at radius 3 is 2.55 bits per heavy atom. The topological polar surface area (TPSA) is 63.5 Å². The first-order valence-corrected chi connectivity index (χ1v) is 6.85. The Labute approximate surface area is 118 Å².